The molecule has 0 saturated heterocycles. The summed E-state index contributed by atoms with van der Waals surface area (Å²) in [5.74, 6) is 0.807. The van der Waals surface area contributed by atoms with Gasteiger partial charge in [0.15, 0.2) is 0 Å². The lowest BCUT2D eigenvalue weighted by atomic mass is 9.90. The third-order valence-electron chi connectivity index (χ3n) is 2.47. The van der Waals surface area contributed by atoms with Gasteiger partial charge in [0.1, 0.15) is 0 Å². The van der Waals surface area contributed by atoms with E-state index in [0.29, 0.717) is 11.8 Å². The average Bonchev–Trinajstić information content (AvgIpc) is 2.50. The first-order chi connectivity index (χ1) is 5.66. The number of ether oxygens (including phenoxy) is 1. The number of rotatable bonds is 2. The summed E-state index contributed by atoms with van der Waals surface area (Å²) in [7, 11) is 1.44. The van der Waals surface area contributed by atoms with Gasteiger partial charge in [0.25, 0.3) is 0 Å². The van der Waals surface area contributed by atoms with Crippen molar-refractivity contribution in [2.45, 2.75) is 26.7 Å². The maximum absolute atomic E-state index is 11.2. The summed E-state index contributed by atoms with van der Waals surface area (Å²) in [6.45, 7) is 4.29. The van der Waals surface area contributed by atoms with Crippen LogP contribution in [0.15, 0.2) is 11.6 Å². The van der Waals surface area contributed by atoms with Gasteiger partial charge in [-0.05, 0) is 24.7 Å². The molecule has 1 atom stereocenters. The van der Waals surface area contributed by atoms with E-state index in [-0.39, 0.29) is 5.97 Å². The van der Waals surface area contributed by atoms with Crippen LogP contribution in [0.3, 0.4) is 0 Å². The lowest BCUT2D eigenvalue weighted by molar-refractivity contribution is -0.136. The Hall–Kier alpha value is -0.790. The summed E-state index contributed by atoms with van der Waals surface area (Å²) in [6.07, 6.45) is 4.13. The van der Waals surface area contributed by atoms with Crippen molar-refractivity contribution in [2.75, 3.05) is 7.11 Å². The summed E-state index contributed by atoms with van der Waals surface area (Å²) in [4.78, 5) is 11.2. The molecule has 0 N–H and O–H groups in total. The summed E-state index contributed by atoms with van der Waals surface area (Å²) < 4.78 is 4.71. The lowest BCUT2D eigenvalue weighted by Crippen LogP contribution is -2.15. The number of carbonyl (C=O) groups excluding carboxylic acids is 1. The van der Waals surface area contributed by atoms with Gasteiger partial charge < -0.3 is 4.74 Å². The first kappa shape index (κ1) is 9.30. The SMILES string of the molecule is COC(=O)C1=CCCC1C(C)C. The van der Waals surface area contributed by atoms with Gasteiger partial charge in [-0.15, -0.1) is 0 Å². The molecule has 2 nitrogen and oxygen atoms in total. The van der Waals surface area contributed by atoms with Crippen LogP contribution in [0.4, 0.5) is 0 Å². The predicted octanol–water partition coefficient (Wildman–Crippen LogP) is 2.15. The Bertz CT molecular complexity index is 204. The number of hydrogen-bond acceptors (Lipinski definition) is 2. The fourth-order valence-electron chi connectivity index (χ4n) is 1.77. The number of esters is 1. The molecule has 0 aliphatic heterocycles. The minimum Gasteiger partial charge on any atom is -0.466 e. The molecule has 68 valence electrons. The molecule has 1 unspecified atom stereocenters. The molecule has 1 aliphatic rings. The molecule has 0 spiro atoms. The van der Waals surface area contributed by atoms with E-state index in [1.165, 1.54) is 7.11 Å². The van der Waals surface area contributed by atoms with Crippen molar-refractivity contribution in [1.82, 2.24) is 0 Å². The zero-order chi connectivity index (χ0) is 9.14. The summed E-state index contributed by atoms with van der Waals surface area (Å²) in [5.41, 5.74) is 0.882. The van der Waals surface area contributed by atoms with Crippen LogP contribution in [0.1, 0.15) is 26.7 Å². The zero-order valence-electron chi connectivity index (χ0n) is 7.96. The quantitative estimate of drug-likeness (QED) is 0.590. The standard InChI is InChI=1S/C10H16O2/c1-7(2)8-5-4-6-9(8)10(11)12-3/h6-8H,4-5H2,1-3H3. The molecule has 0 radical (unpaired) electrons. The Morgan fingerprint density at radius 1 is 1.67 bits per heavy atom. The van der Waals surface area contributed by atoms with Crippen molar-refractivity contribution in [3.8, 4) is 0 Å². The van der Waals surface area contributed by atoms with Crippen LogP contribution in [0.2, 0.25) is 0 Å². The molecule has 2 heteroatoms. The molecule has 0 aromatic rings. The van der Waals surface area contributed by atoms with Crippen molar-refractivity contribution in [3.05, 3.63) is 11.6 Å². The predicted molar refractivity (Wildman–Crippen MR) is 47.7 cm³/mol. The highest BCUT2D eigenvalue weighted by Gasteiger charge is 2.27. The van der Waals surface area contributed by atoms with Gasteiger partial charge in [-0.2, -0.15) is 0 Å². The Labute approximate surface area is 73.6 Å². The highest BCUT2D eigenvalue weighted by molar-refractivity contribution is 5.89. The highest BCUT2D eigenvalue weighted by Crippen LogP contribution is 2.32. The second-order valence-corrected chi connectivity index (χ2v) is 3.58. The van der Waals surface area contributed by atoms with Crippen molar-refractivity contribution in [1.29, 1.82) is 0 Å². The molecule has 0 aromatic carbocycles. The normalized spacial score (nSPS) is 22.7. The first-order valence-electron chi connectivity index (χ1n) is 4.45. The van der Waals surface area contributed by atoms with E-state index < -0.39 is 0 Å². The van der Waals surface area contributed by atoms with Crippen molar-refractivity contribution >= 4 is 5.97 Å². The third kappa shape index (κ3) is 1.68. The Morgan fingerprint density at radius 3 is 2.83 bits per heavy atom. The second-order valence-electron chi connectivity index (χ2n) is 3.58. The molecule has 0 amide bonds. The first-order valence-corrected chi connectivity index (χ1v) is 4.45. The van der Waals surface area contributed by atoms with Crippen LogP contribution in [-0.2, 0) is 9.53 Å². The summed E-state index contributed by atoms with van der Waals surface area (Å²) >= 11 is 0. The smallest absolute Gasteiger partial charge is 0.333 e. The molecule has 0 saturated carbocycles. The molecule has 0 heterocycles. The van der Waals surface area contributed by atoms with Crippen molar-refractivity contribution in [3.63, 3.8) is 0 Å². The van der Waals surface area contributed by atoms with Crippen LogP contribution in [-0.4, -0.2) is 13.1 Å². The Kier molecular flexibility index (Phi) is 2.90. The largest absolute Gasteiger partial charge is 0.466 e. The topological polar surface area (TPSA) is 26.3 Å². The van der Waals surface area contributed by atoms with Gasteiger partial charge >= 0.3 is 5.97 Å². The maximum atomic E-state index is 11.2. The number of methoxy groups -OCH3 is 1. The maximum Gasteiger partial charge on any atom is 0.333 e. The van der Waals surface area contributed by atoms with Gasteiger partial charge in [0.2, 0.25) is 0 Å². The molecule has 0 fully saturated rings. The monoisotopic (exact) mass is 168 g/mol. The summed E-state index contributed by atoms with van der Waals surface area (Å²) in [5, 5.41) is 0. The number of hydrogen-bond donors (Lipinski definition) is 0. The molecule has 0 bridgehead atoms. The molecule has 0 aromatic heterocycles. The van der Waals surface area contributed by atoms with Crippen LogP contribution < -0.4 is 0 Å². The minimum atomic E-state index is -0.147. The second kappa shape index (κ2) is 3.74. The van der Waals surface area contributed by atoms with E-state index in [0.717, 1.165) is 18.4 Å². The zero-order valence-corrected chi connectivity index (χ0v) is 7.96. The molecular formula is C10H16O2. The van der Waals surface area contributed by atoms with Crippen molar-refractivity contribution < 1.29 is 9.53 Å². The van der Waals surface area contributed by atoms with Gasteiger partial charge in [-0.3, -0.25) is 0 Å². The van der Waals surface area contributed by atoms with Gasteiger partial charge in [-0.25, -0.2) is 4.79 Å². The molecule has 1 aliphatic carbocycles. The number of carbonyl (C=O) groups is 1. The Morgan fingerprint density at radius 2 is 2.33 bits per heavy atom. The number of allylic oxidation sites excluding steroid dienone is 1. The van der Waals surface area contributed by atoms with Crippen LogP contribution in [0.5, 0.6) is 0 Å². The van der Waals surface area contributed by atoms with E-state index in [4.69, 9.17) is 4.74 Å². The van der Waals surface area contributed by atoms with E-state index in [9.17, 15) is 4.79 Å². The fraction of sp³-hybridized carbons (Fsp3) is 0.700. The fourth-order valence-corrected chi connectivity index (χ4v) is 1.77. The highest BCUT2D eigenvalue weighted by atomic mass is 16.5. The van der Waals surface area contributed by atoms with Crippen LogP contribution in [0, 0.1) is 11.8 Å². The lowest BCUT2D eigenvalue weighted by Gasteiger charge is -2.16. The third-order valence-corrected chi connectivity index (χ3v) is 2.47. The van der Waals surface area contributed by atoms with Gasteiger partial charge in [-0.1, -0.05) is 19.9 Å². The van der Waals surface area contributed by atoms with Crippen LogP contribution in [0.25, 0.3) is 0 Å². The van der Waals surface area contributed by atoms with E-state index in [1.807, 2.05) is 6.08 Å². The molecule has 1 rings (SSSR count). The van der Waals surface area contributed by atoms with Gasteiger partial charge in [0, 0.05) is 5.57 Å². The van der Waals surface area contributed by atoms with E-state index in [1.54, 1.807) is 0 Å². The average molecular weight is 168 g/mol. The molecule has 12 heavy (non-hydrogen) atoms. The van der Waals surface area contributed by atoms with Crippen LogP contribution >= 0.6 is 0 Å². The summed E-state index contributed by atoms with van der Waals surface area (Å²) in [6, 6.07) is 0. The van der Waals surface area contributed by atoms with E-state index in [2.05, 4.69) is 13.8 Å². The van der Waals surface area contributed by atoms with Crippen molar-refractivity contribution in [2.24, 2.45) is 11.8 Å². The minimum absolute atomic E-state index is 0.147. The Balaban J connectivity index is 2.69. The van der Waals surface area contributed by atoms with E-state index >= 15 is 0 Å². The molecular weight excluding hydrogens is 152 g/mol. The van der Waals surface area contributed by atoms with Gasteiger partial charge in [0.05, 0.1) is 7.11 Å².